The Balaban J connectivity index is 4.45. The second-order valence-electron chi connectivity index (χ2n) is 2.61. The molecule has 0 bridgehead atoms. The zero-order valence-corrected chi connectivity index (χ0v) is 7.25. The summed E-state index contributed by atoms with van der Waals surface area (Å²) in [6.45, 7) is 10.9. The van der Waals surface area contributed by atoms with Gasteiger partial charge in [-0.05, 0) is 12.8 Å². The topological polar surface area (TPSA) is 29.1 Å². The van der Waals surface area contributed by atoms with Gasteiger partial charge < -0.3 is 5.32 Å². The molecule has 2 nitrogen and oxygen atoms in total. The molecule has 0 fully saturated rings. The average molecular weight is 165 g/mol. The van der Waals surface area contributed by atoms with Gasteiger partial charge in [-0.25, -0.2) is 0 Å². The Morgan fingerprint density at radius 1 is 1.17 bits per heavy atom. The van der Waals surface area contributed by atoms with Crippen molar-refractivity contribution in [2.45, 2.75) is 18.4 Å². The molecule has 1 amide bonds. The lowest BCUT2D eigenvalue weighted by molar-refractivity contribution is -0.110. The van der Waals surface area contributed by atoms with E-state index in [2.05, 4.69) is 25.1 Å². The zero-order valence-electron chi connectivity index (χ0n) is 7.25. The van der Waals surface area contributed by atoms with Crippen LogP contribution in [0.3, 0.4) is 0 Å². The molecule has 0 saturated heterocycles. The van der Waals surface area contributed by atoms with Gasteiger partial charge in [-0.1, -0.05) is 18.2 Å². The quantitative estimate of drug-likeness (QED) is 0.452. The van der Waals surface area contributed by atoms with E-state index in [-0.39, 0.29) is 0 Å². The smallest absolute Gasteiger partial charge is 0.207 e. The average Bonchev–Trinajstić information content (AvgIpc) is 2.06. The third kappa shape index (κ3) is 2.74. The van der Waals surface area contributed by atoms with Crippen LogP contribution in [0.4, 0.5) is 0 Å². The molecule has 0 unspecified atom stereocenters. The summed E-state index contributed by atoms with van der Waals surface area (Å²) >= 11 is 0. The summed E-state index contributed by atoms with van der Waals surface area (Å²) in [5.41, 5.74) is -0.398. The molecule has 0 spiro atoms. The van der Waals surface area contributed by atoms with Crippen LogP contribution in [0.5, 0.6) is 0 Å². The van der Waals surface area contributed by atoms with Gasteiger partial charge in [-0.2, -0.15) is 0 Å². The van der Waals surface area contributed by atoms with E-state index in [1.165, 1.54) is 0 Å². The Labute approximate surface area is 73.7 Å². The molecule has 0 heterocycles. The molecule has 1 N–H and O–H groups in total. The fourth-order valence-electron chi connectivity index (χ4n) is 1.06. The van der Waals surface area contributed by atoms with Gasteiger partial charge in [0.2, 0.25) is 6.41 Å². The van der Waals surface area contributed by atoms with E-state index >= 15 is 0 Å². The summed E-state index contributed by atoms with van der Waals surface area (Å²) in [7, 11) is 0. The lowest BCUT2D eigenvalue weighted by atomic mass is 9.91. The molecule has 0 aliphatic heterocycles. The minimum absolute atomic E-state index is 0.398. The second kappa shape index (κ2) is 5.35. The molecule has 66 valence electrons. The van der Waals surface area contributed by atoms with Crippen LogP contribution in [0.25, 0.3) is 0 Å². The van der Waals surface area contributed by atoms with E-state index in [0.717, 1.165) is 0 Å². The van der Waals surface area contributed by atoms with E-state index in [4.69, 9.17) is 0 Å². The Morgan fingerprint density at radius 3 is 1.92 bits per heavy atom. The highest BCUT2D eigenvalue weighted by molar-refractivity contribution is 5.49. The molecule has 0 atom stereocenters. The Bertz CT molecular complexity index is 158. The zero-order chi connectivity index (χ0) is 9.45. The van der Waals surface area contributed by atoms with Crippen molar-refractivity contribution in [3.05, 3.63) is 38.0 Å². The summed E-state index contributed by atoms with van der Waals surface area (Å²) in [5, 5.41) is 2.71. The van der Waals surface area contributed by atoms with E-state index < -0.39 is 5.54 Å². The molecule has 12 heavy (non-hydrogen) atoms. The van der Waals surface area contributed by atoms with E-state index in [9.17, 15) is 4.79 Å². The molecule has 0 aromatic carbocycles. The van der Waals surface area contributed by atoms with Gasteiger partial charge in [0.25, 0.3) is 0 Å². The number of amides is 1. The number of rotatable bonds is 7. The van der Waals surface area contributed by atoms with Gasteiger partial charge in [0.05, 0.1) is 5.54 Å². The third-order valence-electron chi connectivity index (χ3n) is 1.75. The third-order valence-corrected chi connectivity index (χ3v) is 1.75. The largest absolute Gasteiger partial charge is 0.349 e. The molecule has 0 aliphatic carbocycles. The summed E-state index contributed by atoms with van der Waals surface area (Å²) in [6.07, 6.45) is 7.23. The van der Waals surface area contributed by atoms with Gasteiger partial charge in [0.15, 0.2) is 0 Å². The maximum atomic E-state index is 10.3. The van der Waals surface area contributed by atoms with Crippen molar-refractivity contribution in [2.24, 2.45) is 0 Å². The molecule has 0 radical (unpaired) electrons. The van der Waals surface area contributed by atoms with Crippen LogP contribution >= 0.6 is 0 Å². The molecule has 0 rings (SSSR count). The minimum Gasteiger partial charge on any atom is -0.349 e. The summed E-state index contributed by atoms with van der Waals surface area (Å²) < 4.78 is 0. The molecular formula is C10H15NO. The summed E-state index contributed by atoms with van der Waals surface area (Å²) in [5.74, 6) is 0. The van der Waals surface area contributed by atoms with E-state index in [0.29, 0.717) is 19.3 Å². The van der Waals surface area contributed by atoms with Crippen LogP contribution in [0, 0.1) is 0 Å². The molecule has 2 heteroatoms. The molecule has 0 aromatic heterocycles. The minimum atomic E-state index is -0.398. The fourth-order valence-corrected chi connectivity index (χ4v) is 1.06. The van der Waals surface area contributed by atoms with Crippen molar-refractivity contribution in [1.29, 1.82) is 0 Å². The number of carbonyl (C=O) groups is 1. The second-order valence-corrected chi connectivity index (χ2v) is 2.61. The predicted molar refractivity (Wildman–Crippen MR) is 51.8 cm³/mol. The highest BCUT2D eigenvalue weighted by atomic mass is 16.1. The van der Waals surface area contributed by atoms with Crippen LogP contribution in [-0.4, -0.2) is 11.9 Å². The Kier molecular flexibility index (Phi) is 4.77. The molecule has 0 aliphatic rings. The normalized spacial score (nSPS) is 10.0. The molecule has 0 saturated carbocycles. The van der Waals surface area contributed by atoms with E-state index in [1.54, 1.807) is 18.2 Å². The summed E-state index contributed by atoms with van der Waals surface area (Å²) in [6, 6.07) is 0. The number of hydrogen-bond donors (Lipinski definition) is 1. The van der Waals surface area contributed by atoms with E-state index in [1.807, 2.05) is 0 Å². The van der Waals surface area contributed by atoms with Crippen LogP contribution in [-0.2, 0) is 4.79 Å². The predicted octanol–water partition coefficient (Wildman–Crippen LogP) is 1.81. The lowest BCUT2D eigenvalue weighted by Crippen LogP contribution is -2.41. The highest BCUT2D eigenvalue weighted by Crippen LogP contribution is 2.17. The van der Waals surface area contributed by atoms with Crippen LogP contribution < -0.4 is 5.32 Å². The van der Waals surface area contributed by atoms with Crippen molar-refractivity contribution in [2.75, 3.05) is 0 Å². The van der Waals surface area contributed by atoms with Gasteiger partial charge in [0.1, 0.15) is 0 Å². The van der Waals surface area contributed by atoms with Crippen LogP contribution in [0.15, 0.2) is 38.0 Å². The maximum absolute atomic E-state index is 10.3. The first-order valence-electron chi connectivity index (χ1n) is 3.81. The van der Waals surface area contributed by atoms with Crippen molar-refractivity contribution in [1.82, 2.24) is 5.32 Å². The van der Waals surface area contributed by atoms with Crippen molar-refractivity contribution in [3.8, 4) is 0 Å². The van der Waals surface area contributed by atoms with Crippen molar-refractivity contribution < 1.29 is 4.79 Å². The van der Waals surface area contributed by atoms with Crippen molar-refractivity contribution in [3.63, 3.8) is 0 Å². The molecular weight excluding hydrogens is 150 g/mol. The van der Waals surface area contributed by atoms with Gasteiger partial charge in [0, 0.05) is 0 Å². The standard InChI is InChI=1S/C10H15NO/c1-4-7-10(6-3,8-5-2)11-9-12/h4-6,9H,1-3,7-8H2,(H,11,12). The SMILES string of the molecule is C=CCC(C=C)(CC=C)NC=O. The van der Waals surface area contributed by atoms with Gasteiger partial charge >= 0.3 is 0 Å². The van der Waals surface area contributed by atoms with Crippen LogP contribution in [0.1, 0.15) is 12.8 Å². The first-order chi connectivity index (χ1) is 5.74. The number of hydrogen-bond acceptors (Lipinski definition) is 1. The first-order valence-corrected chi connectivity index (χ1v) is 3.81. The Morgan fingerprint density at radius 2 is 1.67 bits per heavy atom. The lowest BCUT2D eigenvalue weighted by Gasteiger charge is -2.27. The van der Waals surface area contributed by atoms with Gasteiger partial charge in [-0.15, -0.1) is 19.7 Å². The van der Waals surface area contributed by atoms with Gasteiger partial charge in [-0.3, -0.25) is 4.79 Å². The fraction of sp³-hybridized carbons (Fsp3) is 0.300. The first kappa shape index (κ1) is 10.7. The monoisotopic (exact) mass is 165 g/mol. The number of carbonyl (C=O) groups excluding carboxylic acids is 1. The number of nitrogens with one attached hydrogen (secondary N) is 1. The van der Waals surface area contributed by atoms with Crippen molar-refractivity contribution >= 4 is 6.41 Å². The Hall–Kier alpha value is -1.31. The van der Waals surface area contributed by atoms with Crippen LogP contribution in [0.2, 0.25) is 0 Å². The maximum Gasteiger partial charge on any atom is 0.207 e. The highest BCUT2D eigenvalue weighted by Gasteiger charge is 2.21. The summed E-state index contributed by atoms with van der Waals surface area (Å²) in [4.78, 5) is 10.3. The molecule has 0 aromatic rings.